The monoisotopic (exact) mass is 267 g/mol. The first kappa shape index (κ1) is 14.3. The average molecular weight is 267 g/mol. The lowest BCUT2D eigenvalue weighted by Gasteiger charge is -2.19. The molecule has 104 valence electrons. The molecule has 0 bridgehead atoms. The summed E-state index contributed by atoms with van der Waals surface area (Å²) in [5.74, 6) is 0.210. The second kappa shape index (κ2) is 6.38. The first-order valence-corrected chi connectivity index (χ1v) is 6.94. The van der Waals surface area contributed by atoms with Crippen LogP contribution in [0.4, 0.5) is 5.69 Å². The van der Waals surface area contributed by atoms with E-state index in [1.807, 2.05) is 38.2 Å². The van der Waals surface area contributed by atoms with Gasteiger partial charge >= 0.3 is 0 Å². The number of rotatable bonds is 5. The van der Waals surface area contributed by atoms with Gasteiger partial charge in [-0.3, -0.25) is 4.79 Å². The van der Waals surface area contributed by atoms with Crippen molar-refractivity contribution in [3.05, 3.63) is 65.2 Å². The van der Waals surface area contributed by atoms with E-state index >= 15 is 0 Å². The van der Waals surface area contributed by atoms with E-state index < -0.39 is 0 Å². The Morgan fingerprint density at radius 1 is 1.00 bits per heavy atom. The van der Waals surface area contributed by atoms with Gasteiger partial charge in [-0.05, 0) is 31.5 Å². The minimum Gasteiger partial charge on any atom is -0.374 e. The van der Waals surface area contributed by atoms with Gasteiger partial charge in [0.25, 0.3) is 0 Å². The molecule has 0 radical (unpaired) electrons. The molecular weight excluding hydrogens is 246 g/mol. The molecule has 0 aliphatic rings. The molecule has 20 heavy (non-hydrogen) atoms. The van der Waals surface area contributed by atoms with Crippen molar-refractivity contribution in [3.8, 4) is 0 Å². The quantitative estimate of drug-likeness (QED) is 0.763. The molecule has 0 heterocycles. The third-order valence-electron chi connectivity index (χ3n) is 3.59. The fourth-order valence-corrected chi connectivity index (χ4v) is 2.22. The zero-order valence-electron chi connectivity index (χ0n) is 12.4. The molecule has 0 aliphatic carbocycles. The zero-order valence-corrected chi connectivity index (χ0v) is 12.4. The summed E-state index contributed by atoms with van der Waals surface area (Å²) in [7, 11) is 2.02. The summed E-state index contributed by atoms with van der Waals surface area (Å²) >= 11 is 0. The van der Waals surface area contributed by atoms with Gasteiger partial charge in [-0.2, -0.15) is 0 Å². The van der Waals surface area contributed by atoms with Crippen molar-refractivity contribution in [1.29, 1.82) is 0 Å². The second-order valence-corrected chi connectivity index (χ2v) is 5.25. The van der Waals surface area contributed by atoms with Gasteiger partial charge in [0.15, 0.2) is 5.78 Å². The molecule has 0 unspecified atom stereocenters. The molecule has 0 saturated carbocycles. The second-order valence-electron chi connectivity index (χ2n) is 5.25. The van der Waals surface area contributed by atoms with Crippen molar-refractivity contribution in [3.63, 3.8) is 0 Å². The highest BCUT2D eigenvalue weighted by Crippen LogP contribution is 2.15. The Labute approximate surface area is 121 Å². The van der Waals surface area contributed by atoms with Crippen molar-refractivity contribution in [1.82, 2.24) is 0 Å². The van der Waals surface area contributed by atoms with E-state index in [1.54, 1.807) is 0 Å². The predicted molar refractivity (Wildman–Crippen MR) is 84.6 cm³/mol. The highest BCUT2D eigenvalue weighted by molar-refractivity contribution is 5.97. The minimum absolute atomic E-state index is 0.210. The van der Waals surface area contributed by atoms with Gasteiger partial charge in [-0.25, -0.2) is 0 Å². The highest BCUT2D eigenvalue weighted by atomic mass is 16.1. The van der Waals surface area contributed by atoms with E-state index in [4.69, 9.17) is 0 Å². The number of Topliss-reactive ketones (excluding diaryl/α,β-unsaturated/α-hetero) is 1. The molecule has 2 aromatic rings. The summed E-state index contributed by atoms with van der Waals surface area (Å²) in [5.41, 5.74) is 4.28. The molecule has 0 amide bonds. The van der Waals surface area contributed by atoms with Crippen molar-refractivity contribution in [2.24, 2.45) is 0 Å². The smallest absolute Gasteiger partial charge is 0.164 e. The number of carbonyl (C=O) groups is 1. The van der Waals surface area contributed by atoms with E-state index in [0.717, 1.165) is 23.4 Å². The average Bonchev–Trinajstić information content (AvgIpc) is 2.45. The molecule has 2 aromatic carbocycles. The first-order valence-electron chi connectivity index (χ1n) is 6.94. The Kier molecular flexibility index (Phi) is 4.57. The Balaban J connectivity index is 1.97. The highest BCUT2D eigenvalue weighted by Gasteiger charge is 2.09. The summed E-state index contributed by atoms with van der Waals surface area (Å²) in [6, 6.07) is 16.1. The van der Waals surface area contributed by atoms with E-state index in [-0.39, 0.29) is 5.78 Å². The number of hydrogen-bond donors (Lipinski definition) is 0. The Hall–Kier alpha value is -2.09. The van der Waals surface area contributed by atoms with Crippen molar-refractivity contribution >= 4 is 11.5 Å². The van der Waals surface area contributed by atoms with Crippen LogP contribution in [-0.4, -0.2) is 19.4 Å². The van der Waals surface area contributed by atoms with Crippen LogP contribution in [0.3, 0.4) is 0 Å². The molecule has 0 aromatic heterocycles. The maximum absolute atomic E-state index is 12.2. The van der Waals surface area contributed by atoms with Gasteiger partial charge in [0.05, 0.1) is 0 Å². The van der Waals surface area contributed by atoms with Gasteiger partial charge in [0.1, 0.15) is 0 Å². The maximum Gasteiger partial charge on any atom is 0.164 e. The first-order chi connectivity index (χ1) is 9.58. The Morgan fingerprint density at radius 2 is 1.65 bits per heavy atom. The van der Waals surface area contributed by atoms with Crippen LogP contribution in [0.5, 0.6) is 0 Å². The normalized spacial score (nSPS) is 10.3. The van der Waals surface area contributed by atoms with E-state index in [0.29, 0.717) is 6.42 Å². The van der Waals surface area contributed by atoms with Gasteiger partial charge in [0.2, 0.25) is 0 Å². The molecule has 2 rings (SSSR count). The number of anilines is 1. The van der Waals surface area contributed by atoms with Crippen LogP contribution in [0.1, 0.15) is 27.9 Å². The third-order valence-corrected chi connectivity index (χ3v) is 3.59. The van der Waals surface area contributed by atoms with Gasteiger partial charge in [-0.15, -0.1) is 0 Å². The summed E-state index contributed by atoms with van der Waals surface area (Å²) in [6.45, 7) is 4.79. The summed E-state index contributed by atoms with van der Waals surface area (Å²) in [4.78, 5) is 14.3. The molecule has 0 atom stereocenters. The van der Waals surface area contributed by atoms with E-state index in [2.05, 4.69) is 36.1 Å². The fourth-order valence-electron chi connectivity index (χ4n) is 2.22. The van der Waals surface area contributed by atoms with Gasteiger partial charge < -0.3 is 4.90 Å². The SMILES string of the molecule is Cc1ccc(N(C)CCC(=O)c2ccccc2C)cc1. The van der Waals surface area contributed by atoms with E-state index in [1.165, 1.54) is 5.56 Å². The van der Waals surface area contributed by atoms with Crippen LogP contribution in [0.2, 0.25) is 0 Å². The number of ketones is 1. The number of aryl methyl sites for hydroxylation is 2. The molecule has 0 fully saturated rings. The van der Waals surface area contributed by atoms with Crippen LogP contribution in [0, 0.1) is 13.8 Å². The summed E-state index contributed by atoms with van der Waals surface area (Å²) < 4.78 is 0. The predicted octanol–water partition coefficient (Wildman–Crippen LogP) is 4.01. The summed E-state index contributed by atoms with van der Waals surface area (Å²) in [6.07, 6.45) is 0.537. The molecular formula is C18H21NO. The lowest BCUT2D eigenvalue weighted by atomic mass is 10.0. The van der Waals surface area contributed by atoms with Crippen LogP contribution in [0.25, 0.3) is 0 Å². The number of nitrogens with zero attached hydrogens (tertiary/aromatic N) is 1. The summed E-state index contributed by atoms with van der Waals surface area (Å²) in [5, 5.41) is 0. The Bertz CT molecular complexity index is 587. The minimum atomic E-state index is 0.210. The van der Waals surface area contributed by atoms with Crippen LogP contribution in [-0.2, 0) is 0 Å². The lowest BCUT2D eigenvalue weighted by molar-refractivity contribution is 0.0984. The van der Waals surface area contributed by atoms with Crippen molar-refractivity contribution in [2.45, 2.75) is 20.3 Å². The molecule has 2 heteroatoms. The van der Waals surface area contributed by atoms with Gasteiger partial charge in [0, 0.05) is 31.3 Å². The third kappa shape index (κ3) is 3.47. The maximum atomic E-state index is 12.2. The van der Waals surface area contributed by atoms with Crippen LogP contribution in [0.15, 0.2) is 48.5 Å². The number of carbonyl (C=O) groups excluding carboxylic acids is 1. The van der Waals surface area contributed by atoms with E-state index in [9.17, 15) is 4.79 Å². The topological polar surface area (TPSA) is 20.3 Å². The van der Waals surface area contributed by atoms with Gasteiger partial charge in [-0.1, -0.05) is 42.0 Å². The molecule has 0 spiro atoms. The standard InChI is InChI=1S/C18H21NO/c1-14-8-10-16(11-9-14)19(3)13-12-18(20)17-7-5-4-6-15(17)2/h4-11H,12-13H2,1-3H3. The molecule has 0 saturated heterocycles. The van der Waals surface area contributed by atoms with Crippen molar-refractivity contribution < 1.29 is 4.79 Å². The molecule has 0 aliphatic heterocycles. The van der Waals surface area contributed by atoms with Crippen LogP contribution >= 0.6 is 0 Å². The fraction of sp³-hybridized carbons (Fsp3) is 0.278. The molecule has 2 nitrogen and oxygen atoms in total. The number of hydrogen-bond acceptors (Lipinski definition) is 2. The van der Waals surface area contributed by atoms with Crippen LogP contribution < -0.4 is 4.90 Å². The Morgan fingerprint density at radius 3 is 2.30 bits per heavy atom. The lowest BCUT2D eigenvalue weighted by Crippen LogP contribution is -2.21. The molecule has 0 N–H and O–H groups in total. The number of benzene rings is 2. The largest absolute Gasteiger partial charge is 0.374 e. The van der Waals surface area contributed by atoms with Crippen molar-refractivity contribution in [2.75, 3.05) is 18.5 Å². The zero-order chi connectivity index (χ0) is 14.5.